The van der Waals surface area contributed by atoms with E-state index in [1.807, 2.05) is 0 Å². The average molecular weight is 273 g/mol. The number of aliphatic hydroxyl groups is 1. The molecule has 0 saturated carbocycles. The number of hydrogen-bond acceptors (Lipinski definition) is 4. The SMILES string of the molecule is O=C(NCCN1CCCC1)c1ccc(C#CCO)cn1. The van der Waals surface area contributed by atoms with Gasteiger partial charge < -0.3 is 15.3 Å². The molecular weight excluding hydrogens is 254 g/mol. The van der Waals surface area contributed by atoms with E-state index < -0.39 is 0 Å². The number of hydrogen-bond donors (Lipinski definition) is 2. The second-order valence-electron chi connectivity index (χ2n) is 4.70. The van der Waals surface area contributed by atoms with Gasteiger partial charge in [-0.2, -0.15) is 0 Å². The van der Waals surface area contributed by atoms with E-state index in [2.05, 4.69) is 27.0 Å². The fraction of sp³-hybridized carbons (Fsp3) is 0.467. The number of amides is 1. The van der Waals surface area contributed by atoms with Gasteiger partial charge >= 0.3 is 0 Å². The molecule has 1 aromatic rings. The third-order valence-electron chi connectivity index (χ3n) is 3.22. The van der Waals surface area contributed by atoms with Crippen molar-refractivity contribution in [3.05, 3.63) is 29.6 Å². The normalized spacial score (nSPS) is 14.7. The minimum atomic E-state index is -0.182. The van der Waals surface area contributed by atoms with Crippen LogP contribution in [0.3, 0.4) is 0 Å². The van der Waals surface area contributed by atoms with Crippen molar-refractivity contribution in [3.8, 4) is 11.8 Å². The molecule has 2 rings (SSSR count). The van der Waals surface area contributed by atoms with Crippen LogP contribution in [-0.4, -0.2) is 53.7 Å². The number of aromatic nitrogens is 1. The molecule has 1 amide bonds. The van der Waals surface area contributed by atoms with E-state index in [4.69, 9.17) is 5.11 Å². The maximum atomic E-state index is 11.9. The van der Waals surface area contributed by atoms with Gasteiger partial charge in [-0.15, -0.1) is 0 Å². The van der Waals surface area contributed by atoms with Gasteiger partial charge in [0, 0.05) is 24.8 Å². The van der Waals surface area contributed by atoms with Gasteiger partial charge in [0.25, 0.3) is 5.91 Å². The Morgan fingerprint density at radius 2 is 2.20 bits per heavy atom. The van der Waals surface area contributed by atoms with Crippen LogP contribution in [0, 0.1) is 11.8 Å². The topological polar surface area (TPSA) is 65.5 Å². The standard InChI is InChI=1S/C15H19N3O2/c19-11-3-4-13-5-6-14(17-12-13)15(20)16-7-10-18-8-1-2-9-18/h5-6,12,19H,1-2,7-11H2,(H,16,20). The fourth-order valence-corrected chi connectivity index (χ4v) is 2.17. The number of nitrogens with zero attached hydrogens (tertiary/aromatic N) is 2. The van der Waals surface area contributed by atoms with Crippen molar-refractivity contribution in [2.45, 2.75) is 12.8 Å². The highest BCUT2D eigenvalue weighted by Crippen LogP contribution is 2.05. The second kappa shape index (κ2) is 7.63. The van der Waals surface area contributed by atoms with E-state index in [9.17, 15) is 4.79 Å². The summed E-state index contributed by atoms with van der Waals surface area (Å²) in [5.74, 6) is 5.12. The summed E-state index contributed by atoms with van der Waals surface area (Å²) < 4.78 is 0. The number of nitrogens with one attached hydrogen (secondary N) is 1. The summed E-state index contributed by atoms with van der Waals surface area (Å²) in [6, 6.07) is 3.37. The van der Waals surface area contributed by atoms with E-state index in [1.165, 1.54) is 19.0 Å². The van der Waals surface area contributed by atoms with E-state index in [1.54, 1.807) is 12.1 Å². The van der Waals surface area contributed by atoms with E-state index in [-0.39, 0.29) is 12.5 Å². The van der Waals surface area contributed by atoms with Crippen molar-refractivity contribution in [1.29, 1.82) is 0 Å². The van der Waals surface area contributed by atoms with Crippen molar-refractivity contribution >= 4 is 5.91 Å². The summed E-state index contributed by atoms with van der Waals surface area (Å²) in [5, 5.41) is 11.5. The first-order valence-electron chi connectivity index (χ1n) is 6.86. The predicted octanol–water partition coefficient (Wildman–Crippen LogP) is 0.251. The second-order valence-corrected chi connectivity index (χ2v) is 4.70. The van der Waals surface area contributed by atoms with Crippen molar-refractivity contribution < 1.29 is 9.90 Å². The highest BCUT2D eigenvalue weighted by Gasteiger charge is 2.12. The quantitative estimate of drug-likeness (QED) is 0.772. The Kier molecular flexibility index (Phi) is 5.54. The first-order valence-corrected chi connectivity index (χ1v) is 6.86. The van der Waals surface area contributed by atoms with Gasteiger partial charge in [0.2, 0.25) is 0 Å². The van der Waals surface area contributed by atoms with E-state index in [0.717, 1.165) is 19.6 Å². The average Bonchev–Trinajstić information content (AvgIpc) is 2.99. The minimum absolute atomic E-state index is 0.161. The smallest absolute Gasteiger partial charge is 0.269 e. The van der Waals surface area contributed by atoms with Gasteiger partial charge in [-0.3, -0.25) is 4.79 Å². The summed E-state index contributed by atoms with van der Waals surface area (Å²) in [7, 11) is 0. The Balaban J connectivity index is 1.79. The lowest BCUT2D eigenvalue weighted by Crippen LogP contribution is -2.33. The van der Waals surface area contributed by atoms with Crippen LogP contribution >= 0.6 is 0 Å². The van der Waals surface area contributed by atoms with Gasteiger partial charge in [0.1, 0.15) is 12.3 Å². The van der Waals surface area contributed by atoms with Crippen LogP contribution < -0.4 is 5.32 Å². The summed E-state index contributed by atoms with van der Waals surface area (Å²) in [6.07, 6.45) is 4.05. The van der Waals surface area contributed by atoms with E-state index in [0.29, 0.717) is 17.8 Å². The van der Waals surface area contributed by atoms with Crippen molar-refractivity contribution in [3.63, 3.8) is 0 Å². The first kappa shape index (κ1) is 14.5. The van der Waals surface area contributed by atoms with Gasteiger partial charge in [-0.25, -0.2) is 4.98 Å². The molecule has 0 spiro atoms. The Morgan fingerprint density at radius 3 is 2.85 bits per heavy atom. The molecular formula is C15H19N3O2. The molecule has 0 aliphatic carbocycles. The molecule has 0 bridgehead atoms. The Bertz CT molecular complexity index is 496. The van der Waals surface area contributed by atoms with Crippen LogP contribution in [0.1, 0.15) is 28.9 Å². The molecule has 1 saturated heterocycles. The lowest BCUT2D eigenvalue weighted by Gasteiger charge is -2.14. The molecule has 0 radical (unpaired) electrons. The number of aliphatic hydroxyl groups excluding tert-OH is 1. The fourth-order valence-electron chi connectivity index (χ4n) is 2.17. The molecule has 106 valence electrons. The Morgan fingerprint density at radius 1 is 1.40 bits per heavy atom. The largest absolute Gasteiger partial charge is 0.384 e. The number of pyridine rings is 1. The first-order chi connectivity index (χ1) is 9.79. The summed E-state index contributed by atoms with van der Waals surface area (Å²) in [6.45, 7) is 3.62. The highest BCUT2D eigenvalue weighted by atomic mass is 16.2. The van der Waals surface area contributed by atoms with Crippen LogP contribution in [-0.2, 0) is 0 Å². The molecule has 1 aliphatic rings. The maximum Gasteiger partial charge on any atom is 0.269 e. The maximum absolute atomic E-state index is 11.9. The number of carbonyl (C=O) groups excluding carboxylic acids is 1. The van der Waals surface area contributed by atoms with Crippen LogP contribution in [0.25, 0.3) is 0 Å². The number of rotatable bonds is 4. The van der Waals surface area contributed by atoms with Gasteiger partial charge in [0.15, 0.2) is 0 Å². The lowest BCUT2D eigenvalue weighted by atomic mass is 10.2. The molecule has 0 aromatic carbocycles. The summed E-state index contributed by atoms with van der Waals surface area (Å²) in [4.78, 5) is 18.3. The number of likely N-dealkylation sites (tertiary alicyclic amines) is 1. The molecule has 2 N–H and O–H groups in total. The van der Waals surface area contributed by atoms with Gasteiger partial charge in [-0.1, -0.05) is 11.8 Å². The zero-order chi connectivity index (χ0) is 14.2. The van der Waals surface area contributed by atoms with Gasteiger partial charge in [-0.05, 0) is 38.1 Å². The number of carbonyl (C=O) groups is 1. The van der Waals surface area contributed by atoms with Crippen LogP contribution in [0.5, 0.6) is 0 Å². The lowest BCUT2D eigenvalue weighted by molar-refractivity contribution is 0.0945. The molecule has 5 heteroatoms. The zero-order valence-electron chi connectivity index (χ0n) is 11.4. The van der Waals surface area contributed by atoms with Crippen LogP contribution in [0.4, 0.5) is 0 Å². The zero-order valence-corrected chi connectivity index (χ0v) is 11.4. The molecule has 20 heavy (non-hydrogen) atoms. The highest BCUT2D eigenvalue weighted by molar-refractivity contribution is 5.92. The molecule has 5 nitrogen and oxygen atoms in total. The Hall–Kier alpha value is -1.90. The Labute approximate surface area is 119 Å². The molecule has 0 atom stereocenters. The van der Waals surface area contributed by atoms with Crippen LogP contribution in [0.2, 0.25) is 0 Å². The summed E-state index contributed by atoms with van der Waals surface area (Å²) >= 11 is 0. The molecule has 0 unspecified atom stereocenters. The van der Waals surface area contributed by atoms with Crippen LogP contribution in [0.15, 0.2) is 18.3 Å². The predicted molar refractivity (Wildman–Crippen MR) is 76.2 cm³/mol. The molecule has 1 aromatic heterocycles. The third kappa shape index (κ3) is 4.34. The molecule has 2 heterocycles. The third-order valence-corrected chi connectivity index (χ3v) is 3.22. The monoisotopic (exact) mass is 273 g/mol. The minimum Gasteiger partial charge on any atom is -0.384 e. The van der Waals surface area contributed by atoms with Gasteiger partial charge in [0.05, 0.1) is 0 Å². The van der Waals surface area contributed by atoms with Crippen molar-refractivity contribution in [2.75, 3.05) is 32.8 Å². The van der Waals surface area contributed by atoms with Crippen molar-refractivity contribution in [1.82, 2.24) is 15.2 Å². The summed E-state index contributed by atoms with van der Waals surface area (Å²) in [5.41, 5.74) is 1.08. The van der Waals surface area contributed by atoms with Crippen molar-refractivity contribution in [2.24, 2.45) is 0 Å². The molecule has 1 aliphatic heterocycles. The molecule has 1 fully saturated rings. The van der Waals surface area contributed by atoms with E-state index >= 15 is 0 Å².